The van der Waals surface area contributed by atoms with E-state index in [1.165, 1.54) is 13.8 Å². The summed E-state index contributed by atoms with van der Waals surface area (Å²) in [5.74, 6) is 0.952. The Morgan fingerprint density at radius 2 is 1.85 bits per heavy atom. The third-order valence-corrected chi connectivity index (χ3v) is 7.71. The van der Waals surface area contributed by atoms with Crippen LogP contribution in [0.15, 0.2) is 12.2 Å². The van der Waals surface area contributed by atoms with E-state index >= 15 is 0 Å². The van der Waals surface area contributed by atoms with Gasteiger partial charge in [0.2, 0.25) is 0 Å². The van der Waals surface area contributed by atoms with Gasteiger partial charge in [-0.25, -0.2) is 0 Å². The first-order valence-corrected chi connectivity index (χ1v) is 13.3. The van der Waals surface area contributed by atoms with Crippen molar-refractivity contribution in [3.63, 3.8) is 0 Å². The number of carbonyl (C=O) groups is 2. The van der Waals surface area contributed by atoms with Crippen molar-refractivity contribution in [2.45, 2.75) is 110 Å². The molecular formula is C27H44O7. The van der Waals surface area contributed by atoms with E-state index in [-0.39, 0.29) is 43.1 Å². The molecule has 194 valence electrons. The van der Waals surface area contributed by atoms with Gasteiger partial charge in [0.15, 0.2) is 6.29 Å². The zero-order valence-corrected chi connectivity index (χ0v) is 21.2. The molecule has 0 aromatic rings. The number of allylic oxidation sites excluding steroid dienone is 2. The Morgan fingerprint density at radius 1 is 1.03 bits per heavy atom. The highest BCUT2D eigenvalue weighted by atomic mass is 16.7. The topological polar surface area (TPSA) is 91.3 Å². The molecule has 1 aliphatic heterocycles. The number of aliphatic hydroxyl groups is 1. The monoisotopic (exact) mass is 480 g/mol. The van der Waals surface area contributed by atoms with E-state index in [1.54, 1.807) is 0 Å². The molecule has 0 amide bonds. The molecule has 3 rings (SSSR count). The van der Waals surface area contributed by atoms with Gasteiger partial charge in [0.1, 0.15) is 12.2 Å². The molecule has 1 heterocycles. The van der Waals surface area contributed by atoms with Crippen LogP contribution in [0.3, 0.4) is 0 Å². The van der Waals surface area contributed by atoms with Crippen LogP contribution in [0, 0.1) is 23.7 Å². The zero-order valence-electron chi connectivity index (χ0n) is 21.2. The van der Waals surface area contributed by atoms with Crippen LogP contribution >= 0.6 is 0 Å². The molecule has 0 spiro atoms. The van der Waals surface area contributed by atoms with Crippen molar-refractivity contribution >= 4 is 11.9 Å². The van der Waals surface area contributed by atoms with Crippen molar-refractivity contribution in [3.8, 4) is 0 Å². The fourth-order valence-corrected chi connectivity index (χ4v) is 6.20. The van der Waals surface area contributed by atoms with Crippen LogP contribution < -0.4 is 0 Å². The summed E-state index contributed by atoms with van der Waals surface area (Å²) in [6.07, 6.45) is 12.5. The highest BCUT2D eigenvalue weighted by molar-refractivity contribution is 5.66. The lowest BCUT2D eigenvalue weighted by Gasteiger charge is -2.45. The molecule has 1 saturated carbocycles. The predicted molar refractivity (Wildman–Crippen MR) is 128 cm³/mol. The van der Waals surface area contributed by atoms with E-state index < -0.39 is 0 Å². The molecule has 7 heteroatoms. The molecule has 34 heavy (non-hydrogen) atoms. The molecule has 1 unspecified atom stereocenters. The normalized spacial score (nSPS) is 32.9. The highest BCUT2D eigenvalue weighted by Crippen LogP contribution is 2.46. The zero-order chi connectivity index (χ0) is 24.5. The van der Waals surface area contributed by atoms with Crippen molar-refractivity contribution in [2.75, 3.05) is 13.2 Å². The Kier molecular flexibility index (Phi) is 10.9. The van der Waals surface area contributed by atoms with Gasteiger partial charge in [-0.2, -0.15) is 0 Å². The summed E-state index contributed by atoms with van der Waals surface area (Å²) >= 11 is 0. The standard InChI is InChI=1S/C27H44O7/c1-18-10-11-21-7-6-8-25(33-20(3)30)27(21)24(18)13-12-22(32-19(2)29)17-23(14-15-28)34-26-9-4-5-16-31-26/h10-11,18,21-28H,4-9,12-17H2,1-3H3/t18-,21+,22-,23+,24-,25-,26?,27-/m0/s1. The Labute approximate surface area is 204 Å². The molecule has 0 radical (unpaired) electrons. The molecule has 3 aliphatic rings. The van der Waals surface area contributed by atoms with Crippen LogP contribution in [-0.2, 0) is 28.5 Å². The number of rotatable bonds is 11. The molecule has 0 aromatic carbocycles. The summed E-state index contributed by atoms with van der Waals surface area (Å²) in [5.41, 5.74) is 0. The van der Waals surface area contributed by atoms with E-state index in [1.807, 2.05) is 0 Å². The van der Waals surface area contributed by atoms with Crippen molar-refractivity contribution in [1.82, 2.24) is 0 Å². The summed E-state index contributed by atoms with van der Waals surface area (Å²) in [6, 6.07) is 0. The quantitative estimate of drug-likeness (QED) is 0.343. The third-order valence-electron chi connectivity index (χ3n) is 7.71. The van der Waals surface area contributed by atoms with Crippen LogP contribution in [0.2, 0.25) is 0 Å². The van der Waals surface area contributed by atoms with Crippen molar-refractivity contribution in [2.24, 2.45) is 23.7 Å². The number of hydrogen-bond acceptors (Lipinski definition) is 7. The van der Waals surface area contributed by atoms with Gasteiger partial charge in [0.25, 0.3) is 0 Å². The lowest BCUT2D eigenvalue weighted by Crippen LogP contribution is -2.43. The van der Waals surface area contributed by atoms with Gasteiger partial charge in [-0.3, -0.25) is 9.59 Å². The summed E-state index contributed by atoms with van der Waals surface area (Å²) in [7, 11) is 0. The van der Waals surface area contributed by atoms with Gasteiger partial charge in [0, 0.05) is 39.4 Å². The van der Waals surface area contributed by atoms with E-state index in [0.29, 0.717) is 43.1 Å². The van der Waals surface area contributed by atoms with Crippen LogP contribution in [0.5, 0.6) is 0 Å². The SMILES string of the molecule is CC(=O)O[C@@H](CC[C@@H]1[C@H]2[C@@H](OC(C)=O)CCC[C@@H]2C=C[C@@H]1C)C[C@@H](CCO)OC1CCCCO1. The second-order valence-electron chi connectivity index (χ2n) is 10.3. The second kappa shape index (κ2) is 13.6. The molecule has 1 saturated heterocycles. The summed E-state index contributed by atoms with van der Waals surface area (Å²) in [4.78, 5) is 23.7. The minimum atomic E-state index is -0.299. The van der Waals surface area contributed by atoms with Gasteiger partial charge in [-0.15, -0.1) is 0 Å². The minimum Gasteiger partial charge on any atom is -0.462 e. The summed E-state index contributed by atoms with van der Waals surface area (Å²) in [6.45, 7) is 5.88. The average Bonchev–Trinajstić information content (AvgIpc) is 2.78. The smallest absolute Gasteiger partial charge is 0.302 e. The summed E-state index contributed by atoms with van der Waals surface area (Å²) < 4.78 is 23.4. The second-order valence-corrected chi connectivity index (χ2v) is 10.3. The van der Waals surface area contributed by atoms with Gasteiger partial charge in [-0.1, -0.05) is 19.1 Å². The molecule has 7 nitrogen and oxygen atoms in total. The maximum atomic E-state index is 11.9. The molecule has 1 N–H and O–H groups in total. The van der Waals surface area contributed by atoms with E-state index in [9.17, 15) is 14.7 Å². The molecule has 0 aromatic heterocycles. The number of ether oxygens (including phenoxy) is 4. The minimum absolute atomic E-state index is 0.0163. The maximum absolute atomic E-state index is 11.9. The first kappa shape index (κ1) is 27.2. The Morgan fingerprint density at radius 3 is 2.53 bits per heavy atom. The number of aliphatic hydroxyl groups excluding tert-OH is 1. The van der Waals surface area contributed by atoms with Gasteiger partial charge >= 0.3 is 11.9 Å². The Bertz CT molecular complexity index is 672. The van der Waals surface area contributed by atoms with E-state index in [4.69, 9.17) is 18.9 Å². The van der Waals surface area contributed by atoms with Crippen molar-refractivity contribution in [1.29, 1.82) is 0 Å². The third kappa shape index (κ3) is 8.06. The molecule has 0 bridgehead atoms. The van der Waals surface area contributed by atoms with E-state index in [0.717, 1.165) is 51.4 Å². The highest BCUT2D eigenvalue weighted by Gasteiger charge is 2.43. The first-order valence-electron chi connectivity index (χ1n) is 13.3. The molecular weight excluding hydrogens is 436 g/mol. The van der Waals surface area contributed by atoms with Crippen LogP contribution in [-0.4, -0.2) is 54.9 Å². The number of carbonyl (C=O) groups excluding carboxylic acids is 2. The lowest BCUT2D eigenvalue weighted by molar-refractivity contribution is -0.197. The van der Waals surface area contributed by atoms with Gasteiger partial charge in [0.05, 0.1) is 6.10 Å². The molecule has 8 atom stereocenters. The van der Waals surface area contributed by atoms with E-state index in [2.05, 4.69) is 19.1 Å². The van der Waals surface area contributed by atoms with Gasteiger partial charge in [-0.05, 0) is 75.5 Å². The Hall–Kier alpha value is -1.44. The number of hydrogen-bond donors (Lipinski definition) is 1. The van der Waals surface area contributed by atoms with Crippen LogP contribution in [0.1, 0.15) is 85.0 Å². The van der Waals surface area contributed by atoms with Crippen LogP contribution in [0.25, 0.3) is 0 Å². The van der Waals surface area contributed by atoms with Gasteiger partial charge < -0.3 is 24.1 Å². The molecule has 2 fully saturated rings. The van der Waals surface area contributed by atoms with Crippen LogP contribution in [0.4, 0.5) is 0 Å². The maximum Gasteiger partial charge on any atom is 0.302 e. The predicted octanol–water partition coefficient (Wildman–Crippen LogP) is 4.55. The van der Waals surface area contributed by atoms with Crippen molar-refractivity contribution in [3.05, 3.63) is 12.2 Å². The fourth-order valence-electron chi connectivity index (χ4n) is 6.20. The average molecular weight is 481 g/mol. The van der Waals surface area contributed by atoms with Crippen molar-refractivity contribution < 1.29 is 33.6 Å². The largest absolute Gasteiger partial charge is 0.462 e. The fraction of sp³-hybridized carbons (Fsp3) is 0.852. The number of fused-ring (bicyclic) bond motifs is 1. The lowest BCUT2D eigenvalue weighted by atomic mass is 9.62. The Balaban J connectivity index is 1.66. The number of esters is 2. The molecule has 2 aliphatic carbocycles. The summed E-state index contributed by atoms with van der Waals surface area (Å²) in [5, 5.41) is 9.58. The first-order chi connectivity index (χ1) is 16.4.